The summed E-state index contributed by atoms with van der Waals surface area (Å²) in [7, 11) is 0. The van der Waals surface area contributed by atoms with Crippen LogP contribution < -0.4 is 38.9 Å². The van der Waals surface area contributed by atoms with Crippen molar-refractivity contribution in [2.24, 2.45) is 27.9 Å². The van der Waals surface area contributed by atoms with E-state index in [9.17, 15) is 34.2 Å². The molecule has 0 saturated carbocycles. The number of aromatic nitrogens is 2. The number of nitrogens with zero attached hydrogens (tertiary/aromatic N) is 2. The number of carbonyl (C=O) groups is 5. The van der Waals surface area contributed by atoms with Gasteiger partial charge >= 0.3 is 5.97 Å². The van der Waals surface area contributed by atoms with Crippen LogP contribution in [0.1, 0.15) is 30.5 Å². The van der Waals surface area contributed by atoms with Gasteiger partial charge in [-0.1, -0.05) is 12.1 Å². The molecule has 1 aromatic carbocycles. The van der Waals surface area contributed by atoms with Gasteiger partial charge in [-0.25, -0.2) is 9.78 Å². The van der Waals surface area contributed by atoms with Crippen molar-refractivity contribution in [2.75, 3.05) is 6.54 Å². The molecule has 0 spiro atoms. The van der Waals surface area contributed by atoms with Crippen molar-refractivity contribution >= 4 is 35.6 Å². The van der Waals surface area contributed by atoms with Crippen molar-refractivity contribution in [1.82, 2.24) is 25.9 Å². The zero-order chi connectivity index (χ0) is 31.2. The number of aliphatic carboxylic acids is 1. The summed E-state index contributed by atoms with van der Waals surface area (Å²) in [6.07, 6.45) is 2.39. The first-order chi connectivity index (χ1) is 19.8. The van der Waals surface area contributed by atoms with Gasteiger partial charge in [0.2, 0.25) is 23.6 Å². The molecule has 0 aliphatic rings. The van der Waals surface area contributed by atoms with Crippen LogP contribution in [0, 0.1) is 0 Å². The Balaban J connectivity index is 2.26. The van der Waals surface area contributed by atoms with E-state index in [1.165, 1.54) is 36.8 Å². The highest BCUT2D eigenvalue weighted by Gasteiger charge is 2.31. The van der Waals surface area contributed by atoms with E-state index in [0.29, 0.717) is 11.3 Å². The van der Waals surface area contributed by atoms with E-state index < -0.39 is 60.2 Å². The number of phenols is 1. The van der Waals surface area contributed by atoms with Gasteiger partial charge in [-0.05, 0) is 30.5 Å². The number of hydrogen-bond donors (Lipinski definition) is 10. The number of aliphatic imine (C=N–C) groups is 1. The summed E-state index contributed by atoms with van der Waals surface area (Å²) >= 11 is 0. The van der Waals surface area contributed by atoms with E-state index in [2.05, 4.69) is 30.9 Å². The molecule has 0 fully saturated rings. The summed E-state index contributed by atoms with van der Waals surface area (Å²) in [4.78, 5) is 72.9. The van der Waals surface area contributed by atoms with Gasteiger partial charge in [0.25, 0.3) is 0 Å². The Labute approximate surface area is 240 Å². The molecule has 42 heavy (non-hydrogen) atoms. The highest BCUT2D eigenvalue weighted by molar-refractivity contribution is 5.95. The van der Waals surface area contributed by atoms with E-state index in [1.807, 2.05) is 0 Å². The minimum Gasteiger partial charge on any atom is -0.508 e. The number of rotatable bonds is 17. The Kier molecular flexibility index (Phi) is 12.7. The highest BCUT2D eigenvalue weighted by atomic mass is 16.4. The van der Waals surface area contributed by atoms with Crippen molar-refractivity contribution in [2.45, 2.75) is 56.3 Å². The topological polar surface area (TPSA) is 307 Å². The third kappa shape index (κ3) is 11.5. The predicted molar refractivity (Wildman–Crippen MR) is 149 cm³/mol. The Morgan fingerprint density at radius 1 is 0.905 bits per heavy atom. The Morgan fingerprint density at radius 3 is 2.05 bits per heavy atom. The van der Waals surface area contributed by atoms with Gasteiger partial charge < -0.3 is 54.1 Å². The second-order valence-electron chi connectivity index (χ2n) is 9.40. The summed E-state index contributed by atoms with van der Waals surface area (Å²) in [5, 5.41) is 26.6. The van der Waals surface area contributed by atoms with E-state index in [4.69, 9.17) is 22.9 Å². The van der Waals surface area contributed by atoms with Crippen molar-refractivity contribution in [1.29, 1.82) is 0 Å². The highest BCUT2D eigenvalue weighted by Crippen LogP contribution is 2.12. The molecule has 4 unspecified atom stereocenters. The van der Waals surface area contributed by atoms with Gasteiger partial charge in [0.1, 0.15) is 23.9 Å². The third-order valence-electron chi connectivity index (χ3n) is 5.94. The number of carbonyl (C=O) groups excluding carboxylic acids is 4. The lowest BCUT2D eigenvalue weighted by molar-refractivity contribution is -0.142. The molecule has 4 amide bonds. The van der Waals surface area contributed by atoms with Gasteiger partial charge in [0.15, 0.2) is 5.96 Å². The molecule has 17 heteroatoms. The van der Waals surface area contributed by atoms with E-state index in [-0.39, 0.29) is 43.9 Å². The maximum absolute atomic E-state index is 13.5. The largest absolute Gasteiger partial charge is 0.508 e. The zero-order valence-electron chi connectivity index (χ0n) is 22.7. The molecular weight excluding hydrogens is 552 g/mol. The molecule has 1 aromatic heterocycles. The van der Waals surface area contributed by atoms with Gasteiger partial charge in [-0.3, -0.25) is 24.2 Å². The van der Waals surface area contributed by atoms with E-state index in [1.54, 1.807) is 0 Å². The van der Waals surface area contributed by atoms with Crippen LogP contribution >= 0.6 is 0 Å². The van der Waals surface area contributed by atoms with Gasteiger partial charge in [0, 0.05) is 31.3 Å². The SMILES string of the molecule is NC(=O)CC(N)C(=O)NC(Cc1ccc(O)cc1)C(=O)NC(Cc1cnc[nH]1)C(=O)NC(CCCN=C(N)N)C(=O)O. The third-order valence-corrected chi connectivity index (χ3v) is 5.94. The molecule has 0 saturated heterocycles. The molecule has 4 atom stereocenters. The van der Waals surface area contributed by atoms with Crippen LogP contribution in [0.5, 0.6) is 5.75 Å². The van der Waals surface area contributed by atoms with Crippen LogP contribution in [0.4, 0.5) is 0 Å². The number of nitrogens with one attached hydrogen (secondary N) is 4. The van der Waals surface area contributed by atoms with Crippen LogP contribution in [0.2, 0.25) is 0 Å². The lowest BCUT2D eigenvalue weighted by Crippen LogP contribution is -2.58. The Hall–Kier alpha value is -5.19. The monoisotopic (exact) mass is 588 g/mol. The number of hydrogen-bond acceptors (Lipinski definition) is 9. The summed E-state index contributed by atoms with van der Waals surface area (Å²) in [6.45, 7) is 0.146. The van der Waals surface area contributed by atoms with Crippen molar-refractivity contribution in [3.63, 3.8) is 0 Å². The lowest BCUT2D eigenvalue weighted by atomic mass is 10.0. The Morgan fingerprint density at radius 2 is 1.50 bits per heavy atom. The second kappa shape index (κ2) is 16.2. The fraction of sp³-hybridized carbons (Fsp3) is 0.400. The fourth-order valence-electron chi connectivity index (χ4n) is 3.80. The number of aromatic amines is 1. The quantitative estimate of drug-likeness (QED) is 0.0495. The number of amides is 4. The fourth-order valence-corrected chi connectivity index (χ4v) is 3.80. The maximum Gasteiger partial charge on any atom is 0.326 e. The lowest BCUT2D eigenvalue weighted by Gasteiger charge is -2.25. The number of aromatic hydroxyl groups is 1. The van der Waals surface area contributed by atoms with Crippen molar-refractivity contribution in [3.8, 4) is 5.75 Å². The second-order valence-corrected chi connectivity index (χ2v) is 9.40. The normalized spacial score (nSPS) is 13.5. The Bertz CT molecular complexity index is 1250. The predicted octanol–water partition coefficient (Wildman–Crippen LogP) is -3.30. The van der Waals surface area contributed by atoms with Gasteiger partial charge in [-0.2, -0.15) is 0 Å². The van der Waals surface area contributed by atoms with Crippen LogP contribution in [0.25, 0.3) is 0 Å². The summed E-state index contributed by atoms with van der Waals surface area (Å²) in [6, 6.07) is 0.601. The standard InChI is InChI=1S/C25H36N10O7/c26-16(10-20(27)37)21(38)34-18(8-13-3-5-15(36)6-4-13)22(39)35-19(9-14-11-30-12-32-14)23(40)33-17(24(41)42)2-1-7-31-25(28)29/h3-6,11-12,16-19,36H,1-2,7-10,26H2,(H2,27,37)(H,30,32)(H,33,40)(H,34,38)(H,35,39)(H,41,42)(H4,28,29,31). The number of guanidine groups is 1. The van der Waals surface area contributed by atoms with Crippen LogP contribution in [-0.4, -0.2) is 86.5 Å². The first-order valence-corrected chi connectivity index (χ1v) is 12.8. The molecule has 14 N–H and O–H groups in total. The first-order valence-electron chi connectivity index (χ1n) is 12.8. The molecule has 17 nitrogen and oxygen atoms in total. The number of carboxylic acids is 1. The van der Waals surface area contributed by atoms with Crippen molar-refractivity contribution < 1.29 is 34.2 Å². The number of phenolic OH excluding ortho intramolecular Hbond substituents is 1. The number of primary amides is 1. The number of carboxylic acid groups (broad SMARTS) is 1. The minimum atomic E-state index is -1.34. The number of benzene rings is 1. The van der Waals surface area contributed by atoms with E-state index in [0.717, 1.165) is 0 Å². The first kappa shape index (κ1) is 33.0. The molecule has 228 valence electrons. The summed E-state index contributed by atoms with van der Waals surface area (Å²) in [5.74, 6) is -4.75. The number of H-pyrrole nitrogens is 1. The summed E-state index contributed by atoms with van der Waals surface area (Å²) in [5.41, 5.74) is 22.4. The smallest absolute Gasteiger partial charge is 0.326 e. The van der Waals surface area contributed by atoms with Gasteiger partial charge in [0.05, 0.1) is 18.8 Å². The summed E-state index contributed by atoms with van der Waals surface area (Å²) < 4.78 is 0. The van der Waals surface area contributed by atoms with Crippen LogP contribution in [0.15, 0.2) is 41.8 Å². The minimum absolute atomic E-state index is 0.000135. The molecule has 1 heterocycles. The van der Waals surface area contributed by atoms with Gasteiger partial charge in [-0.15, -0.1) is 0 Å². The molecule has 0 radical (unpaired) electrons. The zero-order valence-corrected chi connectivity index (χ0v) is 22.7. The van der Waals surface area contributed by atoms with Crippen LogP contribution in [-0.2, 0) is 36.8 Å². The number of nitrogens with two attached hydrogens (primary N) is 4. The average molecular weight is 589 g/mol. The van der Waals surface area contributed by atoms with Crippen LogP contribution in [0.3, 0.4) is 0 Å². The average Bonchev–Trinajstić information content (AvgIpc) is 3.43. The molecule has 2 aromatic rings. The number of imidazole rings is 1. The molecular formula is C25H36N10O7. The molecule has 0 aliphatic heterocycles. The van der Waals surface area contributed by atoms with E-state index >= 15 is 0 Å². The van der Waals surface area contributed by atoms with Crippen molar-refractivity contribution in [3.05, 3.63) is 48.0 Å². The molecule has 0 bridgehead atoms. The molecule has 0 aliphatic carbocycles. The maximum atomic E-state index is 13.5. The molecule has 2 rings (SSSR count).